The molecule has 4 heteroatoms. The van der Waals surface area contributed by atoms with Gasteiger partial charge in [0, 0.05) is 6.92 Å². The molecule has 0 aliphatic rings. The smallest absolute Gasteiger partial charge is 0.223 e. The molecule has 1 aromatic heterocycles. The second-order valence-corrected chi connectivity index (χ2v) is 3.12. The third-order valence-corrected chi connectivity index (χ3v) is 1.89. The molecule has 0 spiro atoms. The van der Waals surface area contributed by atoms with Crippen LogP contribution < -0.4 is 0 Å². The minimum absolute atomic E-state index is 0. The van der Waals surface area contributed by atoms with Gasteiger partial charge in [0.2, 0.25) is 11.7 Å². The molecule has 1 aromatic carbocycles. The summed E-state index contributed by atoms with van der Waals surface area (Å²) < 4.78 is 18.1. The van der Waals surface area contributed by atoms with E-state index in [2.05, 4.69) is 10.1 Å². The summed E-state index contributed by atoms with van der Waals surface area (Å²) in [6, 6.07) is 4.79. The number of nitrogens with zero attached hydrogens (tertiary/aromatic N) is 2. The first-order valence-corrected chi connectivity index (χ1v) is 4.23. The second-order valence-electron chi connectivity index (χ2n) is 3.12. The number of aromatic nitrogens is 2. The number of hydrogen-bond donors (Lipinski definition) is 0. The fourth-order valence-corrected chi connectivity index (χ4v) is 1.22. The van der Waals surface area contributed by atoms with Crippen LogP contribution in [0.25, 0.3) is 11.4 Å². The largest absolute Gasteiger partial charge is 0.339 e. The topological polar surface area (TPSA) is 38.9 Å². The summed E-state index contributed by atoms with van der Waals surface area (Å²) in [5.41, 5.74) is 1.34. The molecular formula is C11H13FN2O. The normalized spacial score (nSPS) is 9.80. The first-order chi connectivity index (χ1) is 6.66. The van der Waals surface area contributed by atoms with Gasteiger partial charge in [-0.1, -0.05) is 24.2 Å². The van der Waals surface area contributed by atoms with Crippen molar-refractivity contribution in [2.24, 2.45) is 0 Å². The lowest BCUT2D eigenvalue weighted by atomic mass is 10.1. The van der Waals surface area contributed by atoms with Crippen LogP contribution in [0.3, 0.4) is 0 Å². The van der Waals surface area contributed by atoms with E-state index in [1.165, 1.54) is 6.07 Å². The molecular weight excluding hydrogens is 195 g/mol. The second kappa shape index (κ2) is 4.21. The Hall–Kier alpha value is -1.71. The Morgan fingerprint density at radius 3 is 2.60 bits per heavy atom. The van der Waals surface area contributed by atoms with Gasteiger partial charge in [0.1, 0.15) is 5.82 Å². The average Bonchev–Trinajstić information content (AvgIpc) is 2.56. The first-order valence-electron chi connectivity index (χ1n) is 4.23. The highest BCUT2D eigenvalue weighted by molar-refractivity contribution is 5.56. The fourth-order valence-electron chi connectivity index (χ4n) is 1.22. The molecule has 0 atom stereocenters. The average molecular weight is 208 g/mol. The maximum absolute atomic E-state index is 13.3. The van der Waals surface area contributed by atoms with Crippen molar-refractivity contribution in [1.29, 1.82) is 0 Å². The Kier molecular flexibility index (Phi) is 3.19. The highest BCUT2D eigenvalue weighted by Crippen LogP contribution is 2.20. The fraction of sp³-hybridized carbons (Fsp3) is 0.273. The van der Waals surface area contributed by atoms with Crippen LogP contribution in [0.4, 0.5) is 4.39 Å². The van der Waals surface area contributed by atoms with E-state index in [-0.39, 0.29) is 13.2 Å². The van der Waals surface area contributed by atoms with Gasteiger partial charge in [-0.15, -0.1) is 0 Å². The summed E-state index contributed by atoms with van der Waals surface area (Å²) in [5, 5.41) is 3.66. The summed E-state index contributed by atoms with van der Waals surface area (Å²) in [6.07, 6.45) is 0. The van der Waals surface area contributed by atoms with E-state index in [9.17, 15) is 4.39 Å². The lowest BCUT2D eigenvalue weighted by Crippen LogP contribution is -1.87. The van der Waals surface area contributed by atoms with Gasteiger partial charge >= 0.3 is 0 Å². The van der Waals surface area contributed by atoms with Crippen LogP contribution in [0.15, 0.2) is 22.7 Å². The Morgan fingerprint density at radius 1 is 1.27 bits per heavy atom. The molecule has 0 amide bonds. The Balaban J connectivity index is 0.00000112. The minimum atomic E-state index is -0.337. The van der Waals surface area contributed by atoms with Crippen molar-refractivity contribution in [3.8, 4) is 11.4 Å². The first kappa shape index (κ1) is 11.4. The van der Waals surface area contributed by atoms with Crippen LogP contribution in [-0.4, -0.2) is 10.1 Å². The summed E-state index contributed by atoms with van der Waals surface area (Å²) in [4.78, 5) is 3.97. The summed E-state index contributed by atoms with van der Waals surface area (Å²) in [6.45, 7) is 3.56. The number of benzene rings is 1. The molecule has 0 saturated heterocycles. The number of halogens is 1. The quantitative estimate of drug-likeness (QED) is 0.722. The molecule has 2 rings (SSSR count). The summed E-state index contributed by atoms with van der Waals surface area (Å²) in [5.74, 6) is 0.390. The van der Waals surface area contributed by atoms with E-state index in [0.717, 1.165) is 5.56 Å². The van der Waals surface area contributed by atoms with Gasteiger partial charge in [-0.05, 0) is 19.1 Å². The van der Waals surface area contributed by atoms with Crippen LogP contribution in [0.5, 0.6) is 0 Å². The highest BCUT2D eigenvalue weighted by Gasteiger charge is 2.10. The Morgan fingerprint density at radius 2 is 2.00 bits per heavy atom. The molecule has 0 fully saturated rings. The lowest BCUT2D eigenvalue weighted by Gasteiger charge is -1.98. The van der Waals surface area contributed by atoms with Gasteiger partial charge in [-0.2, -0.15) is 4.98 Å². The van der Waals surface area contributed by atoms with Crippen molar-refractivity contribution in [1.82, 2.24) is 10.1 Å². The molecule has 3 nitrogen and oxygen atoms in total. The third kappa shape index (κ3) is 2.21. The predicted molar refractivity (Wildman–Crippen MR) is 55.9 cm³/mol. The number of rotatable bonds is 1. The van der Waals surface area contributed by atoms with Crippen LogP contribution >= 0.6 is 0 Å². The molecule has 0 radical (unpaired) electrons. The molecule has 0 N–H and O–H groups in total. The Bertz CT molecular complexity index is 465. The lowest BCUT2D eigenvalue weighted by molar-refractivity contribution is 0.394. The maximum atomic E-state index is 13.3. The maximum Gasteiger partial charge on any atom is 0.223 e. The van der Waals surface area contributed by atoms with Crippen molar-refractivity contribution in [2.75, 3.05) is 0 Å². The standard InChI is InChI=1S/C10H9FN2O.CH4/c1-6-3-4-9(11)8(5-6)10-12-7(2)14-13-10;/h3-5H,1-2H3;1H4. The van der Waals surface area contributed by atoms with Crippen molar-refractivity contribution < 1.29 is 8.91 Å². The molecule has 1 heterocycles. The van der Waals surface area contributed by atoms with Crippen molar-refractivity contribution in [2.45, 2.75) is 21.3 Å². The zero-order valence-corrected chi connectivity index (χ0v) is 7.91. The zero-order valence-electron chi connectivity index (χ0n) is 7.91. The summed E-state index contributed by atoms with van der Waals surface area (Å²) >= 11 is 0. The van der Waals surface area contributed by atoms with E-state index in [0.29, 0.717) is 17.3 Å². The van der Waals surface area contributed by atoms with Gasteiger partial charge in [0.05, 0.1) is 5.56 Å². The molecule has 80 valence electrons. The van der Waals surface area contributed by atoms with Crippen molar-refractivity contribution in [3.63, 3.8) is 0 Å². The molecule has 0 aliphatic heterocycles. The van der Waals surface area contributed by atoms with Crippen LogP contribution in [0.2, 0.25) is 0 Å². The molecule has 15 heavy (non-hydrogen) atoms. The van der Waals surface area contributed by atoms with Gasteiger partial charge in [-0.3, -0.25) is 0 Å². The monoisotopic (exact) mass is 208 g/mol. The summed E-state index contributed by atoms with van der Waals surface area (Å²) in [7, 11) is 0. The van der Waals surface area contributed by atoms with E-state index < -0.39 is 0 Å². The molecule has 2 aromatic rings. The predicted octanol–water partition coefficient (Wildman–Crippen LogP) is 3.13. The van der Waals surface area contributed by atoms with E-state index in [1.807, 2.05) is 6.92 Å². The van der Waals surface area contributed by atoms with Gasteiger partial charge in [0.25, 0.3) is 0 Å². The van der Waals surface area contributed by atoms with Crippen molar-refractivity contribution in [3.05, 3.63) is 35.5 Å². The minimum Gasteiger partial charge on any atom is -0.339 e. The molecule has 0 bridgehead atoms. The van der Waals surface area contributed by atoms with E-state index in [1.54, 1.807) is 19.1 Å². The SMILES string of the molecule is C.Cc1ccc(F)c(-c2noc(C)n2)c1. The van der Waals surface area contributed by atoms with Crippen LogP contribution in [0, 0.1) is 19.7 Å². The van der Waals surface area contributed by atoms with Crippen molar-refractivity contribution >= 4 is 0 Å². The molecule has 0 unspecified atom stereocenters. The third-order valence-electron chi connectivity index (χ3n) is 1.89. The van der Waals surface area contributed by atoms with E-state index in [4.69, 9.17) is 4.52 Å². The van der Waals surface area contributed by atoms with Gasteiger partial charge in [0.15, 0.2) is 0 Å². The van der Waals surface area contributed by atoms with Gasteiger partial charge < -0.3 is 4.52 Å². The van der Waals surface area contributed by atoms with E-state index >= 15 is 0 Å². The Labute approximate surface area is 87.9 Å². The molecule has 0 saturated carbocycles. The highest BCUT2D eigenvalue weighted by atomic mass is 19.1. The number of aryl methyl sites for hydroxylation is 2. The molecule has 0 aliphatic carbocycles. The van der Waals surface area contributed by atoms with Crippen LogP contribution in [0.1, 0.15) is 18.9 Å². The zero-order chi connectivity index (χ0) is 10.1. The van der Waals surface area contributed by atoms with Gasteiger partial charge in [-0.25, -0.2) is 4.39 Å². The number of hydrogen-bond acceptors (Lipinski definition) is 3. The van der Waals surface area contributed by atoms with Crippen LogP contribution in [-0.2, 0) is 0 Å².